The van der Waals surface area contributed by atoms with E-state index in [1.807, 2.05) is 18.2 Å². The summed E-state index contributed by atoms with van der Waals surface area (Å²) in [5.74, 6) is 0.537. The van der Waals surface area contributed by atoms with Gasteiger partial charge in [0, 0.05) is 6.07 Å². The third kappa shape index (κ3) is 2.93. The largest absolute Gasteiger partial charge is 0.508 e. The van der Waals surface area contributed by atoms with Crippen molar-refractivity contribution >= 4 is 11.6 Å². The number of hydrogen-bond acceptors (Lipinski definition) is 3. The van der Waals surface area contributed by atoms with E-state index in [-0.39, 0.29) is 5.75 Å². The Labute approximate surface area is 110 Å². The Hall–Kier alpha value is -2.18. The lowest BCUT2D eigenvalue weighted by Crippen LogP contribution is -1.95. The Morgan fingerprint density at radius 3 is 2.56 bits per heavy atom. The molecule has 0 aliphatic heterocycles. The molecule has 0 bridgehead atoms. The zero-order chi connectivity index (χ0) is 13.0. The molecule has 0 aromatic heterocycles. The highest BCUT2D eigenvalue weighted by molar-refractivity contribution is 6.32. The van der Waals surface area contributed by atoms with Gasteiger partial charge in [-0.05, 0) is 29.8 Å². The van der Waals surface area contributed by atoms with Crippen LogP contribution in [0.25, 0.3) is 0 Å². The molecule has 1 N–H and O–H groups in total. The number of aromatic hydroxyl groups is 1. The normalized spacial score (nSPS) is 9.78. The first kappa shape index (κ1) is 12.3. The second-order valence-electron chi connectivity index (χ2n) is 3.71. The maximum Gasteiger partial charge on any atom is 0.142 e. The van der Waals surface area contributed by atoms with E-state index >= 15 is 0 Å². The molecule has 0 saturated heterocycles. The van der Waals surface area contributed by atoms with Crippen LogP contribution in [0.1, 0.15) is 11.1 Å². The van der Waals surface area contributed by atoms with Crippen molar-refractivity contribution in [3.05, 3.63) is 58.6 Å². The zero-order valence-corrected chi connectivity index (χ0v) is 10.2. The van der Waals surface area contributed by atoms with E-state index in [9.17, 15) is 5.11 Å². The minimum atomic E-state index is 0.106. The van der Waals surface area contributed by atoms with E-state index in [4.69, 9.17) is 21.6 Å². The van der Waals surface area contributed by atoms with Gasteiger partial charge >= 0.3 is 0 Å². The number of nitriles is 1. The maximum atomic E-state index is 9.33. The Bertz CT molecular complexity index is 588. The van der Waals surface area contributed by atoms with E-state index in [2.05, 4.69) is 0 Å². The van der Waals surface area contributed by atoms with Gasteiger partial charge in [0.2, 0.25) is 0 Å². The fraction of sp³-hybridized carbons (Fsp3) is 0.0714. The summed E-state index contributed by atoms with van der Waals surface area (Å²) in [6, 6.07) is 13.7. The Morgan fingerprint density at radius 2 is 1.89 bits per heavy atom. The smallest absolute Gasteiger partial charge is 0.142 e. The molecule has 3 nitrogen and oxygen atoms in total. The summed E-state index contributed by atoms with van der Waals surface area (Å²) >= 11 is 5.93. The summed E-state index contributed by atoms with van der Waals surface area (Å²) in [4.78, 5) is 0. The highest BCUT2D eigenvalue weighted by atomic mass is 35.5. The van der Waals surface area contributed by atoms with Crippen LogP contribution in [-0.4, -0.2) is 5.11 Å². The molecule has 0 spiro atoms. The predicted octanol–water partition coefficient (Wildman–Crippen LogP) is 3.50. The van der Waals surface area contributed by atoms with Crippen molar-refractivity contribution in [1.82, 2.24) is 0 Å². The van der Waals surface area contributed by atoms with Crippen LogP contribution in [0.4, 0.5) is 0 Å². The van der Waals surface area contributed by atoms with E-state index in [0.29, 0.717) is 22.9 Å². The standard InChI is InChI=1S/C14H10ClNO2/c15-13-6-5-12(17)7-14(13)18-9-11-3-1-10(8-16)2-4-11/h1-7,17H,9H2. The van der Waals surface area contributed by atoms with Gasteiger partial charge in [0.25, 0.3) is 0 Å². The lowest BCUT2D eigenvalue weighted by Gasteiger charge is -2.08. The quantitative estimate of drug-likeness (QED) is 0.918. The van der Waals surface area contributed by atoms with Crippen molar-refractivity contribution in [1.29, 1.82) is 5.26 Å². The van der Waals surface area contributed by atoms with Gasteiger partial charge in [0.1, 0.15) is 18.1 Å². The second kappa shape index (κ2) is 5.44. The van der Waals surface area contributed by atoms with Gasteiger partial charge in [-0.25, -0.2) is 0 Å². The van der Waals surface area contributed by atoms with Crippen molar-refractivity contribution in [3.63, 3.8) is 0 Å². The molecule has 0 unspecified atom stereocenters. The SMILES string of the molecule is N#Cc1ccc(COc2cc(O)ccc2Cl)cc1. The molecule has 0 atom stereocenters. The molecule has 2 aromatic carbocycles. The number of benzene rings is 2. The number of phenols is 1. The van der Waals surface area contributed by atoms with Crippen LogP contribution in [0.5, 0.6) is 11.5 Å². The highest BCUT2D eigenvalue weighted by Crippen LogP contribution is 2.28. The Morgan fingerprint density at radius 1 is 1.17 bits per heavy atom. The van der Waals surface area contributed by atoms with E-state index < -0.39 is 0 Å². The van der Waals surface area contributed by atoms with Crippen LogP contribution >= 0.6 is 11.6 Å². The summed E-state index contributed by atoms with van der Waals surface area (Å²) in [6.45, 7) is 0.328. The van der Waals surface area contributed by atoms with E-state index in [1.165, 1.54) is 12.1 Å². The third-order valence-electron chi connectivity index (χ3n) is 2.39. The summed E-state index contributed by atoms with van der Waals surface area (Å²) < 4.78 is 5.50. The van der Waals surface area contributed by atoms with Crippen LogP contribution in [0.3, 0.4) is 0 Å². The van der Waals surface area contributed by atoms with Crippen molar-refractivity contribution in [2.24, 2.45) is 0 Å². The monoisotopic (exact) mass is 259 g/mol. The van der Waals surface area contributed by atoms with Crippen LogP contribution in [0.15, 0.2) is 42.5 Å². The van der Waals surface area contributed by atoms with Gasteiger partial charge in [-0.1, -0.05) is 23.7 Å². The Balaban J connectivity index is 2.07. The zero-order valence-electron chi connectivity index (χ0n) is 9.43. The van der Waals surface area contributed by atoms with Crippen molar-refractivity contribution in [3.8, 4) is 17.6 Å². The van der Waals surface area contributed by atoms with E-state index in [1.54, 1.807) is 18.2 Å². The third-order valence-corrected chi connectivity index (χ3v) is 2.70. The average molecular weight is 260 g/mol. The van der Waals surface area contributed by atoms with Crippen molar-refractivity contribution < 1.29 is 9.84 Å². The summed E-state index contributed by atoms with van der Waals surface area (Å²) in [6.07, 6.45) is 0. The van der Waals surface area contributed by atoms with Crippen molar-refractivity contribution in [2.75, 3.05) is 0 Å². The first-order chi connectivity index (χ1) is 8.69. The second-order valence-corrected chi connectivity index (χ2v) is 4.12. The number of rotatable bonds is 3. The van der Waals surface area contributed by atoms with Gasteiger partial charge in [-0.3, -0.25) is 0 Å². The van der Waals surface area contributed by atoms with Gasteiger partial charge in [-0.15, -0.1) is 0 Å². The molecule has 0 amide bonds. The fourth-order valence-corrected chi connectivity index (χ4v) is 1.61. The highest BCUT2D eigenvalue weighted by Gasteiger charge is 2.03. The van der Waals surface area contributed by atoms with Crippen LogP contribution in [0, 0.1) is 11.3 Å². The molecular formula is C14H10ClNO2. The molecule has 4 heteroatoms. The average Bonchev–Trinajstić information content (AvgIpc) is 2.40. The predicted molar refractivity (Wildman–Crippen MR) is 68.6 cm³/mol. The molecular weight excluding hydrogens is 250 g/mol. The summed E-state index contributed by atoms with van der Waals surface area (Å²) in [5.41, 5.74) is 1.53. The summed E-state index contributed by atoms with van der Waals surface area (Å²) in [7, 11) is 0. The number of phenolic OH excluding ortho intramolecular Hbond substituents is 1. The van der Waals surface area contributed by atoms with Gasteiger partial charge in [0.15, 0.2) is 0 Å². The molecule has 18 heavy (non-hydrogen) atoms. The fourth-order valence-electron chi connectivity index (χ4n) is 1.44. The van der Waals surface area contributed by atoms with Crippen molar-refractivity contribution in [2.45, 2.75) is 6.61 Å². The van der Waals surface area contributed by atoms with Crippen LogP contribution in [-0.2, 0) is 6.61 Å². The minimum absolute atomic E-state index is 0.106. The number of nitrogens with zero attached hydrogens (tertiary/aromatic N) is 1. The molecule has 0 aliphatic carbocycles. The number of ether oxygens (including phenoxy) is 1. The van der Waals surface area contributed by atoms with Crippen LogP contribution < -0.4 is 4.74 Å². The molecule has 2 aromatic rings. The first-order valence-corrected chi connectivity index (χ1v) is 5.67. The minimum Gasteiger partial charge on any atom is -0.508 e. The van der Waals surface area contributed by atoms with E-state index in [0.717, 1.165) is 5.56 Å². The van der Waals surface area contributed by atoms with Crippen LogP contribution in [0.2, 0.25) is 5.02 Å². The molecule has 2 rings (SSSR count). The number of hydrogen-bond donors (Lipinski definition) is 1. The lowest BCUT2D eigenvalue weighted by atomic mass is 10.2. The molecule has 0 radical (unpaired) electrons. The summed E-state index contributed by atoms with van der Waals surface area (Å²) in [5, 5.41) is 18.5. The molecule has 0 fully saturated rings. The van der Waals surface area contributed by atoms with Gasteiger partial charge in [0.05, 0.1) is 16.7 Å². The Kier molecular flexibility index (Phi) is 3.71. The first-order valence-electron chi connectivity index (χ1n) is 5.29. The van der Waals surface area contributed by atoms with Gasteiger partial charge < -0.3 is 9.84 Å². The molecule has 0 heterocycles. The lowest BCUT2D eigenvalue weighted by molar-refractivity contribution is 0.304. The molecule has 90 valence electrons. The maximum absolute atomic E-state index is 9.33. The topological polar surface area (TPSA) is 53.2 Å². The molecule has 0 saturated carbocycles. The van der Waals surface area contributed by atoms with Gasteiger partial charge in [-0.2, -0.15) is 5.26 Å². The number of halogens is 1. The molecule has 0 aliphatic rings.